The molecule has 0 N–H and O–H groups in total. The van der Waals surface area contributed by atoms with Crippen LogP contribution in [0.4, 0.5) is 18.0 Å². The molecule has 2 heterocycles. The highest BCUT2D eigenvalue weighted by Crippen LogP contribution is 2.49. The Hall–Kier alpha value is -2.09. The van der Waals surface area contributed by atoms with Gasteiger partial charge in [-0.2, -0.15) is 13.2 Å². The number of alkyl halides is 3. The Kier molecular flexibility index (Phi) is 5.69. The zero-order chi connectivity index (χ0) is 21.4. The summed E-state index contributed by atoms with van der Waals surface area (Å²) in [5, 5.41) is 0. The molecule has 2 saturated heterocycles. The van der Waals surface area contributed by atoms with Crippen LogP contribution in [-0.2, 0) is 16.1 Å². The summed E-state index contributed by atoms with van der Waals surface area (Å²) in [6.45, 7) is 6.38. The quantitative estimate of drug-likeness (QED) is 0.724. The smallest absolute Gasteiger partial charge is 0.417 e. The summed E-state index contributed by atoms with van der Waals surface area (Å²) in [6.07, 6.45) is -5.70. The van der Waals surface area contributed by atoms with Crippen LogP contribution in [0.1, 0.15) is 45.6 Å². The summed E-state index contributed by atoms with van der Waals surface area (Å²) >= 11 is 0. The Morgan fingerprint density at radius 2 is 1.72 bits per heavy atom. The number of ether oxygens (including phenoxy) is 1. The molecule has 1 spiro atoms. The minimum atomic E-state index is -4.68. The summed E-state index contributed by atoms with van der Waals surface area (Å²) in [5.41, 5.74) is -1.03. The number of likely N-dealkylation sites (tertiary alicyclic amines) is 2. The van der Waals surface area contributed by atoms with Gasteiger partial charge < -0.3 is 4.74 Å². The molecular formula is C21H27F3N2O3. The number of rotatable bonds is 2. The lowest BCUT2D eigenvalue weighted by Crippen LogP contribution is -2.50. The molecule has 8 heteroatoms. The van der Waals surface area contributed by atoms with E-state index in [1.54, 1.807) is 20.8 Å². The lowest BCUT2D eigenvalue weighted by atomic mass is 9.76. The second-order valence-electron chi connectivity index (χ2n) is 8.96. The molecule has 160 valence electrons. The van der Waals surface area contributed by atoms with Crippen LogP contribution in [0, 0.1) is 5.41 Å². The molecule has 2 aliphatic rings. The number of carbonyl (C=O) groups excluding carboxylic acids is 2. The maximum absolute atomic E-state index is 13.7. The van der Waals surface area contributed by atoms with E-state index in [2.05, 4.69) is 4.90 Å². The van der Waals surface area contributed by atoms with Gasteiger partial charge in [-0.05, 0) is 58.7 Å². The van der Waals surface area contributed by atoms with Crippen LogP contribution in [-0.4, -0.2) is 52.7 Å². The van der Waals surface area contributed by atoms with Crippen molar-refractivity contribution >= 4 is 12.0 Å². The Balaban J connectivity index is 1.75. The molecule has 29 heavy (non-hydrogen) atoms. The Labute approximate surface area is 168 Å². The van der Waals surface area contributed by atoms with Gasteiger partial charge >= 0.3 is 12.3 Å². The molecule has 2 aliphatic heterocycles. The van der Waals surface area contributed by atoms with Gasteiger partial charge in [-0.25, -0.2) is 9.69 Å². The summed E-state index contributed by atoms with van der Waals surface area (Å²) < 4.78 is 46.1. The number of amides is 2. The zero-order valence-corrected chi connectivity index (χ0v) is 17.0. The van der Waals surface area contributed by atoms with Crippen molar-refractivity contribution < 1.29 is 27.5 Å². The molecule has 0 radical (unpaired) electrons. The average Bonchev–Trinajstić information content (AvgIpc) is 2.90. The van der Waals surface area contributed by atoms with Crippen LogP contribution in [0.5, 0.6) is 0 Å². The molecule has 1 aromatic carbocycles. The van der Waals surface area contributed by atoms with Crippen LogP contribution in [0.3, 0.4) is 0 Å². The van der Waals surface area contributed by atoms with E-state index in [0.717, 1.165) is 5.56 Å². The van der Waals surface area contributed by atoms with Crippen LogP contribution < -0.4 is 0 Å². The fourth-order valence-corrected chi connectivity index (χ4v) is 4.13. The molecule has 5 nitrogen and oxygen atoms in total. The lowest BCUT2D eigenvalue weighted by molar-refractivity contribution is -0.177. The monoisotopic (exact) mass is 412 g/mol. The van der Waals surface area contributed by atoms with Crippen molar-refractivity contribution in [3.63, 3.8) is 0 Å². The molecule has 0 saturated carbocycles. The maximum Gasteiger partial charge on any atom is 0.417 e. The van der Waals surface area contributed by atoms with Crippen LogP contribution >= 0.6 is 0 Å². The number of benzene rings is 1. The van der Waals surface area contributed by atoms with Crippen molar-refractivity contribution in [3.05, 3.63) is 35.9 Å². The number of hydrogen-bond acceptors (Lipinski definition) is 4. The van der Waals surface area contributed by atoms with Crippen molar-refractivity contribution in [2.45, 2.75) is 64.4 Å². The first-order valence-corrected chi connectivity index (χ1v) is 9.81. The average molecular weight is 412 g/mol. The molecule has 0 aromatic heterocycles. The van der Waals surface area contributed by atoms with Crippen molar-refractivity contribution in [1.29, 1.82) is 0 Å². The normalized spacial score (nSPS) is 22.9. The molecule has 1 unspecified atom stereocenters. The topological polar surface area (TPSA) is 49.9 Å². The summed E-state index contributed by atoms with van der Waals surface area (Å²) in [4.78, 5) is 27.9. The van der Waals surface area contributed by atoms with Gasteiger partial charge in [0.15, 0.2) is 0 Å². The standard InChI is InChI=1S/C21H27F3N2O3/c1-19(2,3)29-18(28)26-16(21(22,23)24)13-20(17(26)27)9-11-25(12-10-20)14-15-7-5-4-6-8-15/h4-8,16H,9-14H2,1-3H3. The third kappa shape index (κ3) is 4.74. The Bertz CT molecular complexity index is 751. The highest BCUT2D eigenvalue weighted by atomic mass is 19.4. The largest absolute Gasteiger partial charge is 0.443 e. The summed E-state index contributed by atoms with van der Waals surface area (Å²) in [7, 11) is 0. The van der Waals surface area contributed by atoms with Gasteiger partial charge in [0, 0.05) is 6.54 Å². The van der Waals surface area contributed by atoms with E-state index in [4.69, 9.17) is 4.74 Å². The molecule has 0 bridgehead atoms. The van der Waals surface area contributed by atoms with E-state index in [9.17, 15) is 22.8 Å². The van der Waals surface area contributed by atoms with Crippen molar-refractivity contribution in [1.82, 2.24) is 9.80 Å². The van der Waals surface area contributed by atoms with Crippen LogP contribution in [0.15, 0.2) is 30.3 Å². The van der Waals surface area contributed by atoms with E-state index in [1.165, 1.54) is 0 Å². The van der Waals surface area contributed by atoms with Crippen molar-refractivity contribution in [2.24, 2.45) is 5.41 Å². The Morgan fingerprint density at radius 3 is 2.24 bits per heavy atom. The number of nitrogens with zero attached hydrogens (tertiary/aromatic N) is 2. The van der Waals surface area contributed by atoms with Gasteiger partial charge in [-0.15, -0.1) is 0 Å². The van der Waals surface area contributed by atoms with E-state index < -0.39 is 41.7 Å². The molecule has 3 rings (SSSR count). The van der Waals surface area contributed by atoms with Gasteiger partial charge in [-0.3, -0.25) is 9.69 Å². The third-order valence-corrected chi connectivity index (χ3v) is 5.60. The minimum Gasteiger partial charge on any atom is -0.443 e. The van der Waals surface area contributed by atoms with E-state index >= 15 is 0 Å². The number of carbonyl (C=O) groups is 2. The first kappa shape index (κ1) is 21.6. The first-order chi connectivity index (χ1) is 13.4. The molecule has 2 amide bonds. The van der Waals surface area contributed by atoms with Gasteiger partial charge in [0.2, 0.25) is 5.91 Å². The van der Waals surface area contributed by atoms with E-state index in [-0.39, 0.29) is 0 Å². The van der Waals surface area contributed by atoms with Crippen LogP contribution in [0.2, 0.25) is 0 Å². The first-order valence-electron chi connectivity index (χ1n) is 9.81. The SMILES string of the molecule is CC(C)(C)OC(=O)N1C(=O)C2(CCN(Cc3ccccc3)CC2)CC1C(F)(F)F. The summed E-state index contributed by atoms with van der Waals surface area (Å²) in [5.74, 6) is -0.756. The molecule has 0 aliphatic carbocycles. The second-order valence-corrected chi connectivity index (χ2v) is 8.96. The van der Waals surface area contributed by atoms with E-state index in [1.807, 2.05) is 30.3 Å². The second kappa shape index (κ2) is 7.63. The van der Waals surface area contributed by atoms with E-state index in [0.29, 0.717) is 37.4 Å². The predicted molar refractivity (Wildman–Crippen MR) is 101 cm³/mol. The third-order valence-electron chi connectivity index (χ3n) is 5.60. The Morgan fingerprint density at radius 1 is 1.14 bits per heavy atom. The van der Waals surface area contributed by atoms with Crippen molar-refractivity contribution in [3.8, 4) is 0 Å². The highest BCUT2D eigenvalue weighted by Gasteiger charge is 2.62. The van der Waals surface area contributed by atoms with Gasteiger partial charge in [0.05, 0.1) is 5.41 Å². The van der Waals surface area contributed by atoms with Crippen molar-refractivity contribution in [2.75, 3.05) is 13.1 Å². The van der Waals surface area contributed by atoms with Gasteiger partial charge in [0.25, 0.3) is 0 Å². The molecular weight excluding hydrogens is 385 g/mol. The molecule has 2 fully saturated rings. The number of hydrogen-bond donors (Lipinski definition) is 0. The maximum atomic E-state index is 13.7. The lowest BCUT2D eigenvalue weighted by Gasteiger charge is -2.37. The van der Waals surface area contributed by atoms with Crippen LogP contribution in [0.25, 0.3) is 0 Å². The summed E-state index contributed by atoms with van der Waals surface area (Å²) in [6, 6.07) is 7.66. The minimum absolute atomic E-state index is 0.296. The van der Waals surface area contributed by atoms with Gasteiger partial charge in [-0.1, -0.05) is 30.3 Å². The number of imide groups is 1. The number of piperidine rings is 1. The fraction of sp³-hybridized carbons (Fsp3) is 0.619. The number of halogens is 3. The highest BCUT2D eigenvalue weighted by molar-refractivity contribution is 5.98. The predicted octanol–water partition coefficient (Wildman–Crippen LogP) is 4.37. The zero-order valence-electron chi connectivity index (χ0n) is 17.0. The molecule has 1 aromatic rings. The molecule has 1 atom stereocenters. The fourth-order valence-electron chi connectivity index (χ4n) is 4.13. The van der Waals surface area contributed by atoms with Gasteiger partial charge in [0.1, 0.15) is 11.6 Å².